The van der Waals surface area contributed by atoms with Crippen LogP contribution in [-0.4, -0.2) is 9.97 Å². The Morgan fingerprint density at radius 1 is 1.33 bits per heavy atom. The number of halogens is 2. The van der Waals surface area contributed by atoms with E-state index < -0.39 is 0 Å². The van der Waals surface area contributed by atoms with E-state index in [0.29, 0.717) is 22.1 Å². The molecule has 1 aromatic heterocycles. The molecule has 0 atom stereocenters. The number of hydrogen-bond acceptors (Lipinski definition) is 3. The van der Waals surface area contributed by atoms with Crippen LogP contribution in [0.15, 0.2) is 41.1 Å². The molecule has 6 heteroatoms. The number of rotatable bonds is 3. The van der Waals surface area contributed by atoms with Crippen molar-refractivity contribution < 1.29 is 4.74 Å². The van der Waals surface area contributed by atoms with Crippen molar-refractivity contribution in [1.82, 2.24) is 4.98 Å². The zero-order valence-corrected chi connectivity index (χ0v) is 12.2. The molecule has 0 bridgehead atoms. The van der Waals surface area contributed by atoms with Gasteiger partial charge in [0.05, 0.1) is 16.8 Å². The van der Waals surface area contributed by atoms with E-state index in [1.807, 2.05) is 6.07 Å². The van der Waals surface area contributed by atoms with Gasteiger partial charge >= 0.3 is 0 Å². The Hall–Kier alpha value is -1.17. The van der Waals surface area contributed by atoms with Gasteiger partial charge in [-0.25, -0.2) is 0 Å². The van der Waals surface area contributed by atoms with Gasteiger partial charge in [-0.1, -0.05) is 39.7 Å². The lowest BCUT2D eigenvalue weighted by Crippen LogP contribution is -2.10. The molecule has 0 fully saturated rings. The van der Waals surface area contributed by atoms with Crippen LogP contribution in [-0.2, 0) is 0 Å². The summed E-state index contributed by atoms with van der Waals surface area (Å²) in [6, 6.07) is 7.09. The van der Waals surface area contributed by atoms with Crippen molar-refractivity contribution in [3.05, 3.63) is 51.7 Å². The standard InChI is InChI=1S/C12H8BrClN2OS/c13-7-1-2-11(10(3-7)12(15)18)17-9-4-8(14)5-16-6-9/h1-6H,(H2,15,18). The summed E-state index contributed by atoms with van der Waals surface area (Å²) in [4.78, 5) is 4.21. The number of thiocarbonyl (C=S) groups is 1. The summed E-state index contributed by atoms with van der Waals surface area (Å²) >= 11 is 14.2. The van der Waals surface area contributed by atoms with E-state index >= 15 is 0 Å². The van der Waals surface area contributed by atoms with Crippen LogP contribution in [0, 0.1) is 0 Å². The third-order valence-corrected chi connectivity index (χ3v) is 3.03. The van der Waals surface area contributed by atoms with Crippen LogP contribution in [0.2, 0.25) is 5.02 Å². The second-order valence-corrected chi connectivity index (χ2v) is 5.24. The first-order chi connectivity index (χ1) is 8.56. The van der Waals surface area contributed by atoms with E-state index in [1.165, 1.54) is 6.20 Å². The molecule has 0 saturated carbocycles. The topological polar surface area (TPSA) is 48.1 Å². The number of pyridine rings is 1. The first-order valence-electron chi connectivity index (χ1n) is 4.94. The molecule has 2 aromatic rings. The van der Waals surface area contributed by atoms with E-state index in [9.17, 15) is 0 Å². The molecule has 2 N–H and O–H groups in total. The predicted molar refractivity (Wildman–Crippen MR) is 79.4 cm³/mol. The van der Waals surface area contributed by atoms with Gasteiger partial charge in [-0.2, -0.15) is 0 Å². The fourth-order valence-corrected chi connectivity index (χ4v) is 2.04. The van der Waals surface area contributed by atoms with Crippen LogP contribution in [0.25, 0.3) is 0 Å². The molecule has 0 spiro atoms. The summed E-state index contributed by atoms with van der Waals surface area (Å²) in [7, 11) is 0. The quantitative estimate of drug-likeness (QED) is 0.858. The number of nitrogens with two attached hydrogens (primary N) is 1. The number of benzene rings is 1. The van der Waals surface area contributed by atoms with Crippen molar-refractivity contribution in [2.75, 3.05) is 0 Å². The lowest BCUT2D eigenvalue weighted by atomic mass is 10.2. The van der Waals surface area contributed by atoms with Gasteiger partial charge < -0.3 is 10.5 Å². The fraction of sp³-hybridized carbons (Fsp3) is 0. The lowest BCUT2D eigenvalue weighted by Gasteiger charge is -2.10. The number of hydrogen-bond donors (Lipinski definition) is 1. The molecule has 1 heterocycles. The molecule has 0 aliphatic carbocycles. The van der Waals surface area contributed by atoms with Gasteiger partial charge in [-0.05, 0) is 18.2 Å². The normalized spacial score (nSPS) is 10.1. The summed E-state index contributed by atoms with van der Waals surface area (Å²) < 4.78 is 6.55. The Kier molecular flexibility index (Phi) is 4.16. The highest BCUT2D eigenvalue weighted by atomic mass is 79.9. The van der Waals surface area contributed by atoms with E-state index in [4.69, 9.17) is 34.3 Å². The second kappa shape index (κ2) is 5.65. The zero-order valence-electron chi connectivity index (χ0n) is 9.06. The van der Waals surface area contributed by atoms with E-state index in [0.717, 1.165) is 4.47 Å². The number of ether oxygens (including phenoxy) is 1. The molecular formula is C12H8BrClN2OS. The smallest absolute Gasteiger partial charge is 0.147 e. The van der Waals surface area contributed by atoms with Crippen LogP contribution in [0.4, 0.5) is 0 Å². The minimum Gasteiger partial charge on any atom is -0.455 e. The third kappa shape index (κ3) is 3.19. The fourth-order valence-electron chi connectivity index (χ4n) is 1.36. The van der Waals surface area contributed by atoms with E-state index in [2.05, 4.69) is 20.9 Å². The Morgan fingerprint density at radius 2 is 2.11 bits per heavy atom. The second-order valence-electron chi connectivity index (χ2n) is 3.45. The number of aromatic nitrogens is 1. The van der Waals surface area contributed by atoms with Gasteiger partial charge in [0.2, 0.25) is 0 Å². The first-order valence-corrected chi connectivity index (χ1v) is 6.52. The van der Waals surface area contributed by atoms with Crippen LogP contribution >= 0.6 is 39.7 Å². The Labute approximate surface area is 123 Å². The predicted octanol–water partition coefficient (Wildman–Crippen LogP) is 3.92. The average Bonchev–Trinajstić information content (AvgIpc) is 2.31. The number of nitrogens with zero attached hydrogens (tertiary/aromatic N) is 1. The minimum absolute atomic E-state index is 0.265. The maximum atomic E-state index is 5.84. The first kappa shape index (κ1) is 13.3. The molecule has 0 unspecified atom stereocenters. The van der Waals surface area contributed by atoms with Crippen molar-refractivity contribution in [1.29, 1.82) is 0 Å². The lowest BCUT2D eigenvalue weighted by molar-refractivity contribution is 0.479. The van der Waals surface area contributed by atoms with Gasteiger partial charge in [-0.3, -0.25) is 4.98 Å². The van der Waals surface area contributed by atoms with E-state index in [-0.39, 0.29) is 4.99 Å². The van der Waals surface area contributed by atoms with Crippen LogP contribution < -0.4 is 10.5 Å². The monoisotopic (exact) mass is 342 g/mol. The molecule has 0 amide bonds. The van der Waals surface area contributed by atoms with Crippen molar-refractivity contribution in [2.45, 2.75) is 0 Å². The summed E-state index contributed by atoms with van der Waals surface area (Å²) in [5.41, 5.74) is 6.31. The summed E-state index contributed by atoms with van der Waals surface area (Å²) in [6.07, 6.45) is 3.10. The van der Waals surface area contributed by atoms with Crippen molar-refractivity contribution in [3.8, 4) is 11.5 Å². The highest BCUT2D eigenvalue weighted by Crippen LogP contribution is 2.28. The molecule has 18 heavy (non-hydrogen) atoms. The summed E-state index contributed by atoms with van der Waals surface area (Å²) in [5, 5.41) is 0.501. The van der Waals surface area contributed by atoms with Crippen LogP contribution in [0.5, 0.6) is 11.5 Å². The molecule has 2 rings (SSSR count). The minimum atomic E-state index is 0.265. The maximum absolute atomic E-state index is 5.84. The molecule has 0 saturated heterocycles. The molecular weight excluding hydrogens is 336 g/mol. The maximum Gasteiger partial charge on any atom is 0.147 e. The Bertz CT molecular complexity index is 606. The molecule has 3 nitrogen and oxygen atoms in total. The SMILES string of the molecule is NC(=S)c1cc(Br)ccc1Oc1cncc(Cl)c1. The van der Waals surface area contributed by atoms with Gasteiger partial charge in [0.1, 0.15) is 16.5 Å². The van der Waals surface area contributed by atoms with Crippen molar-refractivity contribution in [2.24, 2.45) is 5.73 Å². The van der Waals surface area contributed by atoms with Crippen molar-refractivity contribution >= 4 is 44.7 Å². The molecule has 1 aromatic carbocycles. The van der Waals surface area contributed by atoms with Gasteiger partial charge in [-0.15, -0.1) is 0 Å². The highest BCUT2D eigenvalue weighted by molar-refractivity contribution is 9.10. The summed E-state index contributed by atoms with van der Waals surface area (Å²) in [6.45, 7) is 0. The largest absolute Gasteiger partial charge is 0.455 e. The molecule has 0 aliphatic heterocycles. The summed E-state index contributed by atoms with van der Waals surface area (Å²) in [5.74, 6) is 1.09. The highest BCUT2D eigenvalue weighted by Gasteiger charge is 2.08. The van der Waals surface area contributed by atoms with Gasteiger partial charge in [0, 0.05) is 16.7 Å². The molecule has 0 radical (unpaired) electrons. The van der Waals surface area contributed by atoms with E-state index in [1.54, 1.807) is 24.4 Å². The molecule has 0 aliphatic rings. The van der Waals surface area contributed by atoms with Crippen molar-refractivity contribution in [3.63, 3.8) is 0 Å². The Morgan fingerprint density at radius 3 is 2.78 bits per heavy atom. The van der Waals surface area contributed by atoms with Crippen LogP contribution in [0.1, 0.15) is 5.56 Å². The Balaban J connectivity index is 2.37. The third-order valence-electron chi connectivity index (χ3n) is 2.11. The van der Waals surface area contributed by atoms with Gasteiger partial charge in [0.15, 0.2) is 0 Å². The average molecular weight is 344 g/mol. The zero-order chi connectivity index (χ0) is 13.1. The van der Waals surface area contributed by atoms with Gasteiger partial charge in [0.25, 0.3) is 0 Å². The molecule has 92 valence electrons. The van der Waals surface area contributed by atoms with Crippen LogP contribution in [0.3, 0.4) is 0 Å².